The number of imide groups is 1. The van der Waals surface area contributed by atoms with Crippen molar-refractivity contribution in [3.05, 3.63) is 54.6 Å². The van der Waals surface area contributed by atoms with Gasteiger partial charge in [0.25, 0.3) is 0 Å². The van der Waals surface area contributed by atoms with Crippen LogP contribution in [0.5, 0.6) is 5.75 Å². The summed E-state index contributed by atoms with van der Waals surface area (Å²) in [5.74, 6) is 0.334. The number of carbonyl (C=O) groups excluding carboxylic acids is 2. The Balaban J connectivity index is 1.91. The van der Waals surface area contributed by atoms with Crippen LogP contribution in [-0.4, -0.2) is 24.3 Å². The average molecular weight is 330 g/mol. The molecule has 2 N–H and O–H groups in total. The molecule has 0 bridgehead atoms. The molecular weight excluding hydrogens is 312 g/mol. The third-order valence-electron chi connectivity index (χ3n) is 3.01. The highest BCUT2D eigenvalue weighted by Gasteiger charge is 2.18. The van der Waals surface area contributed by atoms with E-state index in [4.69, 9.17) is 4.74 Å². The van der Waals surface area contributed by atoms with Gasteiger partial charge in [0.05, 0.1) is 17.3 Å². The Morgan fingerprint density at radius 3 is 2.39 bits per heavy atom. The molecule has 3 amide bonds. The Kier molecular flexibility index (Phi) is 6.05. The van der Waals surface area contributed by atoms with Crippen LogP contribution in [0, 0.1) is 0 Å². The molecule has 2 aromatic carbocycles. The molecule has 6 heteroatoms. The standard InChI is InChI=1S/C17H18N2O3S/c1-12(23-15-11-7-6-10-14(15)22-2)16(20)19-17(21)18-13-8-4-3-5-9-13/h3-12H,1-2H3,(H2,18,19,20,21). The van der Waals surface area contributed by atoms with Gasteiger partial charge in [-0.15, -0.1) is 11.8 Å². The minimum atomic E-state index is -0.548. The molecule has 23 heavy (non-hydrogen) atoms. The highest BCUT2D eigenvalue weighted by atomic mass is 32.2. The number of methoxy groups -OCH3 is 1. The van der Waals surface area contributed by atoms with Gasteiger partial charge in [-0.2, -0.15) is 0 Å². The first-order chi connectivity index (χ1) is 11.1. The molecule has 0 aliphatic rings. The first-order valence-corrected chi connectivity index (χ1v) is 7.94. The number of para-hydroxylation sites is 2. The number of ether oxygens (including phenoxy) is 1. The van der Waals surface area contributed by atoms with E-state index < -0.39 is 11.3 Å². The van der Waals surface area contributed by atoms with Gasteiger partial charge in [-0.25, -0.2) is 4.79 Å². The molecule has 0 heterocycles. The van der Waals surface area contributed by atoms with Crippen LogP contribution < -0.4 is 15.4 Å². The number of nitrogens with one attached hydrogen (secondary N) is 2. The molecule has 0 aliphatic heterocycles. The van der Waals surface area contributed by atoms with Crippen molar-refractivity contribution in [2.75, 3.05) is 12.4 Å². The summed E-state index contributed by atoms with van der Waals surface area (Å²) in [6, 6.07) is 15.8. The van der Waals surface area contributed by atoms with E-state index in [0.717, 1.165) is 4.90 Å². The number of anilines is 1. The number of benzene rings is 2. The molecule has 5 nitrogen and oxygen atoms in total. The zero-order valence-corrected chi connectivity index (χ0v) is 13.7. The first-order valence-electron chi connectivity index (χ1n) is 7.06. The Morgan fingerprint density at radius 1 is 1.04 bits per heavy atom. The van der Waals surface area contributed by atoms with Crippen LogP contribution in [0.25, 0.3) is 0 Å². The van der Waals surface area contributed by atoms with E-state index in [2.05, 4.69) is 10.6 Å². The maximum atomic E-state index is 12.1. The van der Waals surface area contributed by atoms with Gasteiger partial charge in [-0.1, -0.05) is 30.3 Å². The smallest absolute Gasteiger partial charge is 0.325 e. The van der Waals surface area contributed by atoms with Crippen molar-refractivity contribution in [2.45, 2.75) is 17.1 Å². The topological polar surface area (TPSA) is 67.4 Å². The molecule has 0 spiro atoms. The number of amides is 3. The summed E-state index contributed by atoms with van der Waals surface area (Å²) in [6.07, 6.45) is 0. The van der Waals surface area contributed by atoms with Gasteiger partial charge in [0.1, 0.15) is 5.75 Å². The van der Waals surface area contributed by atoms with E-state index >= 15 is 0 Å². The van der Waals surface area contributed by atoms with Gasteiger partial charge in [-0.3, -0.25) is 10.1 Å². The van der Waals surface area contributed by atoms with Crippen LogP contribution in [-0.2, 0) is 4.79 Å². The second kappa shape index (κ2) is 8.24. The predicted molar refractivity (Wildman–Crippen MR) is 91.9 cm³/mol. The molecule has 0 fully saturated rings. The van der Waals surface area contributed by atoms with Crippen molar-refractivity contribution in [2.24, 2.45) is 0 Å². The lowest BCUT2D eigenvalue weighted by Gasteiger charge is -2.13. The van der Waals surface area contributed by atoms with Gasteiger partial charge in [-0.05, 0) is 31.2 Å². The number of rotatable bonds is 5. The van der Waals surface area contributed by atoms with Gasteiger partial charge >= 0.3 is 6.03 Å². The highest BCUT2D eigenvalue weighted by molar-refractivity contribution is 8.00. The SMILES string of the molecule is COc1ccccc1SC(C)C(=O)NC(=O)Nc1ccccc1. The molecule has 120 valence electrons. The van der Waals surface area contributed by atoms with Crippen molar-refractivity contribution >= 4 is 29.4 Å². The van der Waals surface area contributed by atoms with Crippen LogP contribution in [0.3, 0.4) is 0 Å². The fraction of sp³-hybridized carbons (Fsp3) is 0.176. The normalized spacial score (nSPS) is 11.4. The van der Waals surface area contributed by atoms with Gasteiger partial charge < -0.3 is 10.1 Å². The zero-order chi connectivity index (χ0) is 16.7. The quantitative estimate of drug-likeness (QED) is 0.823. The summed E-state index contributed by atoms with van der Waals surface area (Å²) in [5, 5.41) is 4.51. The fourth-order valence-electron chi connectivity index (χ4n) is 1.86. The second-order valence-electron chi connectivity index (χ2n) is 4.72. The third kappa shape index (κ3) is 5.03. The molecule has 1 atom stereocenters. The second-order valence-corrected chi connectivity index (χ2v) is 6.10. The van der Waals surface area contributed by atoms with E-state index in [1.54, 1.807) is 38.3 Å². The Hall–Kier alpha value is -2.47. The van der Waals surface area contributed by atoms with Crippen LogP contribution in [0.15, 0.2) is 59.5 Å². The lowest BCUT2D eigenvalue weighted by atomic mass is 10.3. The molecule has 0 aliphatic carbocycles. The minimum Gasteiger partial charge on any atom is -0.496 e. The fourth-order valence-corrected chi connectivity index (χ4v) is 2.83. The Labute approximate surface area is 139 Å². The van der Waals surface area contributed by atoms with E-state index in [1.165, 1.54) is 11.8 Å². The van der Waals surface area contributed by atoms with E-state index in [-0.39, 0.29) is 5.91 Å². The molecule has 0 saturated heterocycles. The molecular formula is C17H18N2O3S. The Bertz CT molecular complexity index is 677. The number of thioether (sulfide) groups is 1. The maximum absolute atomic E-state index is 12.1. The van der Waals surface area contributed by atoms with Crippen molar-refractivity contribution < 1.29 is 14.3 Å². The highest BCUT2D eigenvalue weighted by Crippen LogP contribution is 2.31. The summed E-state index contributed by atoms with van der Waals surface area (Å²) in [4.78, 5) is 24.8. The molecule has 1 unspecified atom stereocenters. The van der Waals surface area contributed by atoms with E-state index in [1.807, 2.05) is 30.3 Å². The van der Waals surface area contributed by atoms with Crippen molar-refractivity contribution in [1.82, 2.24) is 5.32 Å². The zero-order valence-electron chi connectivity index (χ0n) is 12.9. The van der Waals surface area contributed by atoms with Crippen LogP contribution in [0.4, 0.5) is 10.5 Å². The minimum absolute atomic E-state index is 0.366. The summed E-state index contributed by atoms with van der Waals surface area (Å²) >= 11 is 1.33. The largest absolute Gasteiger partial charge is 0.496 e. The first kappa shape index (κ1) is 16.9. The summed E-state index contributed by atoms with van der Waals surface area (Å²) in [5.41, 5.74) is 0.628. The van der Waals surface area contributed by atoms with Gasteiger partial charge in [0, 0.05) is 5.69 Å². The monoisotopic (exact) mass is 330 g/mol. The van der Waals surface area contributed by atoms with Crippen LogP contribution >= 0.6 is 11.8 Å². The molecule has 2 aromatic rings. The molecule has 2 rings (SSSR count). The van der Waals surface area contributed by atoms with E-state index in [9.17, 15) is 9.59 Å². The van der Waals surface area contributed by atoms with Crippen molar-refractivity contribution in [3.8, 4) is 5.75 Å². The molecule has 0 radical (unpaired) electrons. The van der Waals surface area contributed by atoms with Crippen molar-refractivity contribution in [1.29, 1.82) is 0 Å². The van der Waals surface area contributed by atoms with Crippen LogP contribution in [0.1, 0.15) is 6.92 Å². The van der Waals surface area contributed by atoms with Crippen LogP contribution in [0.2, 0.25) is 0 Å². The predicted octanol–water partition coefficient (Wildman–Crippen LogP) is 3.52. The summed E-state index contributed by atoms with van der Waals surface area (Å²) in [7, 11) is 1.58. The van der Waals surface area contributed by atoms with Gasteiger partial charge in [0.2, 0.25) is 5.91 Å². The van der Waals surface area contributed by atoms with Crippen molar-refractivity contribution in [3.63, 3.8) is 0 Å². The summed E-state index contributed by atoms with van der Waals surface area (Å²) < 4.78 is 5.25. The number of hydrogen-bond donors (Lipinski definition) is 2. The lowest BCUT2D eigenvalue weighted by Crippen LogP contribution is -2.38. The maximum Gasteiger partial charge on any atom is 0.325 e. The average Bonchev–Trinajstić information content (AvgIpc) is 2.56. The van der Waals surface area contributed by atoms with Gasteiger partial charge in [0.15, 0.2) is 0 Å². The molecule has 0 aromatic heterocycles. The number of carbonyl (C=O) groups is 2. The molecule has 0 saturated carbocycles. The lowest BCUT2D eigenvalue weighted by molar-refractivity contribution is -0.119. The third-order valence-corrected chi connectivity index (χ3v) is 4.17. The number of urea groups is 1. The van der Waals surface area contributed by atoms with E-state index in [0.29, 0.717) is 11.4 Å². The number of hydrogen-bond acceptors (Lipinski definition) is 4. The summed E-state index contributed by atoms with van der Waals surface area (Å²) in [6.45, 7) is 1.74. The Morgan fingerprint density at radius 2 is 1.70 bits per heavy atom.